The van der Waals surface area contributed by atoms with E-state index in [1.165, 1.54) is 0 Å². The fourth-order valence-electron chi connectivity index (χ4n) is 0.947. The highest BCUT2D eigenvalue weighted by atomic mass is 79.9. The lowest BCUT2D eigenvalue weighted by Gasteiger charge is -2.22. The number of rotatable bonds is 5. The van der Waals surface area contributed by atoms with Gasteiger partial charge >= 0.3 is 6.18 Å². The molecule has 0 aliphatic rings. The van der Waals surface area contributed by atoms with E-state index < -0.39 is 11.0 Å². The average Bonchev–Trinajstić information content (AvgIpc) is 1.99. The summed E-state index contributed by atoms with van der Waals surface area (Å²) in [5, 5.41) is 0. The first-order valence-electron chi connectivity index (χ1n) is 4.62. The Morgan fingerprint density at radius 1 is 1.29 bits per heavy atom. The lowest BCUT2D eigenvalue weighted by molar-refractivity contribution is -0.130. The molecule has 5 heteroatoms. The molecular formula is C9H17BrF3N. The van der Waals surface area contributed by atoms with Crippen molar-refractivity contribution in [3.63, 3.8) is 0 Å². The van der Waals surface area contributed by atoms with Crippen molar-refractivity contribution in [3.05, 3.63) is 0 Å². The maximum Gasteiger partial charge on any atom is 0.402 e. The van der Waals surface area contributed by atoms with Crippen LogP contribution in [0.5, 0.6) is 0 Å². The summed E-state index contributed by atoms with van der Waals surface area (Å²) in [6, 6.07) is 0. The Kier molecular flexibility index (Phi) is 6.05. The molecule has 0 fully saturated rings. The third-order valence-corrected chi connectivity index (χ3v) is 2.72. The van der Waals surface area contributed by atoms with Crippen LogP contribution in [0.4, 0.5) is 13.2 Å². The predicted molar refractivity (Wildman–Crippen MR) is 55.7 cm³/mol. The molecule has 1 unspecified atom stereocenters. The first kappa shape index (κ1) is 14.2. The van der Waals surface area contributed by atoms with E-state index in [0.717, 1.165) is 6.42 Å². The van der Waals surface area contributed by atoms with Crippen molar-refractivity contribution in [2.75, 3.05) is 20.1 Å². The number of nitrogens with zero attached hydrogens (tertiary/aromatic N) is 1. The first-order chi connectivity index (χ1) is 6.23. The number of halogens is 4. The van der Waals surface area contributed by atoms with Gasteiger partial charge in [-0.1, -0.05) is 29.8 Å². The second-order valence-corrected chi connectivity index (χ2v) is 5.06. The summed E-state index contributed by atoms with van der Waals surface area (Å²) in [6.07, 6.45) is -3.22. The predicted octanol–water partition coefficient (Wildman–Crippen LogP) is 3.29. The van der Waals surface area contributed by atoms with Crippen LogP contribution in [-0.4, -0.2) is 36.0 Å². The highest BCUT2D eigenvalue weighted by Crippen LogP contribution is 2.26. The highest BCUT2D eigenvalue weighted by Gasteiger charge is 2.37. The lowest BCUT2D eigenvalue weighted by Crippen LogP contribution is -2.36. The Morgan fingerprint density at radius 3 is 2.14 bits per heavy atom. The summed E-state index contributed by atoms with van der Waals surface area (Å²) in [5.41, 5.74) is 0. The first-order valence-corrected chi connectivity index (χ1v) is 5.54. The topological polar surface area (TPSA) is 3.24 Å². The smallest absolute Gasteiger partial charge is 0.305 e. The van der Waals surface area contributed by atoms with Gasteiger partial charge in [-0.05, 0) is 25.9 Å². The van der Waals surface area contributed by atoms with Gasteiger partial charge in [0.2, 0.25) is 0 Å². The molecule has 0 saturated carbocycles. The van der Waals surface area contributed by atoms with Crippen LogP contribution in [0.2, 0.25) is 0 Å². The van der Waals surface area contributed by atoms with Crippen molar-refractivity contribution in [1.29, 1.82) is 0 Å². The minimum Gasteiger partial charge on any atom is -0.305 e. The summed E-state index contributed by atoms with van der Waals surface area (Å²) in [5.74, 6) is 0.525. The Hall–Kier alpha value is 0.230. The van der Waals surface area contributed by atoms with Gasteiger partial charge in [0.05, 0.1) is 0 Å². The van der Waals surface area contributed by atoms with E-state index in [2.05, 4.69) is 29.8 Å². The van der Waals surface area contributed by atoms with Gasteiger partial charge in [0.1, 0.15) is 4.83 Å². The minimum absolute atomic E-state index is 0.0101. The highest BCUT2D eigenvalue weighted by molar-refractivity contribution is 9.09. The van der Waals surface area contributed by atoms with Gasteiger partial charge in [0.25, 0.3) is 0 Å². The second-order valence-electron chi connectivity index (χ2n) is 3.95. The summed E-state index contributed by atoms with van der Waals surface area (Å²) < 4.78 is 36.4. The molecule has 0 amide bonds. The third kappa shape index (κ3) is 6.65. The Labute approximate surface area is 91.8 Å². The quantitative estimate of drug-likeness (QED) is 0.696. The summed E-state index contributed by atoms with van der Waals surface area (Å²) in [4.78, 5) is 0.277. The van der Waals surface area contributed by atoms with Crippen molar-refractivity contribution in [2.24, 2.45) is 5.92 Å². The van der Waals surface area contributed by atoms with Gasteiger partial charge in [0.15, 0.2) is 0 Å². The van der Waals surface area contributed by atoms with E-state index in [1.807, 2.05) is 0 Å². The molecule has 1 atom stereocenters. The van der Waals surface area contributed by atoms with Gasteiger partial charge in [-0.3, -0.25) is 0 Å². The molecule has 1 nitrogen and oxygen atoms in total. The summed E-state index contributed by atoms with van der Waals surface area (Å²) in [7, 11) is 1.71. The molecule has 0 aromatic carbocycles. The van der Waals surface area contributed by atoms with Crippen molar-refractivity contribution < 1.29 is 13.2 Å². The van der Waals surface area contributed by atoms with Crippen LogP contribution >= 0.6 is 15.9 Å². The Balaban J connectivity index is 3.77. The zero-order valence-corrected chi connectivity index (χ0v) is 10.3. The molecule has 86 valence electrons. The van der Waals surface area contributed by atoms with Crippen LogP contribution in [0.15, 0.2) is 0 Å². The van der Waals surface area contributed by atoms with Crippen molar-refractivity contribution >= 4 is 15.9 Å². The van der Waals surface area contributed by atoms with E-state index >= 15 is 0 Å². The molecule has 0 heterocycles. The third-order valence-electron chi connectivity index (χ3n) is 1.92. The molecule has 0 spiro atoms. The van der Waals surface area contributed by atoms with Gasteiger partial charge in [-0.25, -0.2) is 0 Å². The molecule has 0 aromatic heterocycles. The fourth-order valence-corrected chi connectivity index (χ4v) is 1.44. The maximum absolute atomic E-state index is 12.1. The van der Waals surface area contributed by atoms with E-state index in [1.54, 1.807) is 11.9 Å². The van der Waals surface area contributed by atoms with Crippen molar-refractivity contribution in [2.45, 2.75) is 31.3 Å². The molecular weight excluding hydrogens is 259 g/mol. The normalized spacial score (nSPS) is 15.2. The minimum atomic E-state index is -4.15. The molecule has 0 radical (unpaired) electrons. The number of hydrogen-bond acceptors (Lipinski definition) is 1. The average molecular weight is 276 g/mol. The zero-order chi connectivity index (χ0) is 11.4. The van der Waals surface area contributed by atoms with E-state index in [-0.39, 0.29) is 6.54 Å². The Morgan fingerprint density at radius 2 is 1.79 bits per heavy atom. The van der Waals surface area contributed by atoms with Crippen molar-refractivity contribution in [1.82, 2.24) is 4.90 Å². The molecule has 0 aliphatic heterocycles. The number of hydrogen-bond donors (Lipinski definition) is 0. The molecule has 0 N–H and O–H groups in total. The van der Waals surface area contributed by atoms with Gasteiger partial charge < -0.3 is 4.90 Å². The standard InChI is InChI=1S/C9H17BrF3N/c1-7(2)4-5-14(3)6-8(10)9(11,12)13/h7-8H,4-6H2,1-3H3. The van der Waals surface area contributed by atoms with Crippen LogP contribution in [0.25, 0.3) is 0 Å². The van der Waals surface area contributed by atoms with E-state index in [4.69, 9.17) is 0 Å². The van der Waals surface area contributed by atoms with Gasteiger partial charge in [-0.2, -0.15) is 13.2 Å². The molecule has 0 aliphatic carbocycles. The lowest BCUT2D eigenvalue weighted by atomic mass is 10.1. The SMILES string of the molecule is CC(C)CCN(C)CC(Br)C(F)(F)F. The molecule has 0 rings (SSSR count). The van der Waals surface area contributed by atoms with Crippen LogP contribution in [-0.2, 0) is 0 Å². The maximum atomic E-state index is 12.1. The zero-order valence-electron chi connectivity index (χ0n) is 8.74. The Bertz CT molecular complexity index is 159. The van der Waals surface area contributed by atoms with Gasteiger partial charge in [0, 0.05) is 6.54 Å². The number of alkyl halides is 4. The van der Waals surface area contributed by atoms with E-state index in [0.29, 0.717) is 12.5 Å². The van der Waals surface area contributed by atoms with Crippen LogP contribution < -0.4 is 0 Å². The molecule has 0 bridgehead atoms. The largest absolute Gasteiger partial charge is 0.402 e. The van der Waals surface area contributed by atoms with Gasteiger partial charge in [-0.15, -0.1) is 0 Å². The molecule has 0 aromatic rings. The summed E-state index contributed by atoms with van der Waals surface area (Å²) in [6.45, 7) is 4.83. The monoisotopic (exact) mass is 275 g/mol. The fraction of sp³-hybridized carbons (Fsp3) is 1.00. The second kappa shape index (κ2) is 5.95. The van der Waals surface area contributed by atoms with Crippen LogP contribution in [0.1, 0.15) is 20.3 Å². The van der Waals surface area contributed by atoms with Crippen molar-refractivity contribution in [3.8, 4) is 0 Å². The van der Waals surface area contributed by atoms with E-state index in [9.17, 15) is 13.2 Å². The van der Waals surface area contributed by atoms with Crippen LogP contribution in [0, 0.1) is 5.92 Å². The molecule has 0 saturated heterocycles. The summed E-state index contributed by atoms with van der Waals surface area (Å²) >= 11 is 2.64. The molecule has 14 heavy (non-hydrogen) atoms. The van der Waals surface area contributed by atoms with Crippen LogP contribution in [0.3, 0.4) is 0 Å².